The van der Waals surface area contributed by atoms with E-state index in [4.69, 9.17) is 11.5 Å². The summed E-state index contributed by atoms with van der Waals surface area (Å²) < 4.78 is 0. The summed E-state index contributed by atoms with van der Waals surface area (Å²) in [6.45, 7) is 3.90. The Hall–Kier alpha value is -1.22. The first-order valence-corrected chi connectivity index (χ1v) is 3.24. The summed E-state index contributed by atoms with van der Waals surface area (Å²) in [4.78, 5) is 0. The molecule has 0 bridgehead atoms. The lowest BCUT2D eigenvalue weighted by atomic mass is 10.1. The molecule has 0 saturated carbocycles. The van der Waals surface area contributed by atoms with Crippen molar-refractivity contribution in [1.29, 1.82) is 0 Å². The summed E-state index contributed by atoms with van der Waals surface area (Å²) in [6, 6.07) is 3.80. The molecule has 0 saturated heterocycles. The zero-order valence-electron chi connectivity index (χ0n) is 6.81. The van der Waals surface area contributed by atoms with Crippen LogP contribution in [0.5, 0.6) is 0 Å². The second kappa shape index (κ2) is 3.25. The van der Waals surface area contributed by atoms with Crippen LogP contribution in [-0.2, 0) is 0 Å². The number of aryl methyl sites for hydroxylation is 1. The highest BCUT2D eigenvalue weighted by Gasteiger charge is 1.99. The molecule has 0 aromatic heterocycles. The van der Waals surface area contributed by atoms with Crippen LogP contribution in [0.1, 0.15) is 11.1 Å². The molecule has 0 aliphatic carbocycles. The molecular formula is C8H14N2O. The van der Waals surface area contributed by atoms with E-state index in [-0.39, 0.29) is 5.48 Å². The topological polar surface area (TPSA) is 83.5 Å². The van der Waals surface area contributed by atoms with Crippen molar-refractivity contribution in [2.45, 2.75) is 13.8 Å². The average molecular weight is 154 g/mol. The van der Waals surface area contributed by atoms with Gasteiger partial charge in [0.05, 0.1) is 0 Å². The van der Waals surface area contributed by atoms with Crippen LogP contribution < -0.4 is 11.5 Å². The fourth-order valence-electron chi connectivity index (χ4n) is 0.881. The van der Waals surface area contributed by atoms with Gasteiger partial charge in [-0.2, -0.15) is 0 Å². The molecule has 0 unspecified atom stereocenters. The predicted molar refractivity (Wildman–Crippen MR) is 48.4 cm³/mol. The van der Waals surface area contributed by atoms with Crippen LogP contribution in [0.25, 0.3) is 0 Å². The monoisotopic (exact) mass is 154 g/mol. The number of hydrogen-bond donors (Lipinski definition) is 2. The Morgan fingerprint density at radius 1 is 1.09 bits per heavy atom. The van der Waals surface area contributed by atoms with Gasteiger partial charge in [0.25, 0.3) is 0 Å². The van der Waals surface area contributed by atoms with Crippen LogP contribution in [0, 0.1) is 13.8 Å². The quantitative estimate of drug-likeness (QED) is 0.537. The van der Waals surface area contributed by atoms with Crippen molar-refractivity contribution >= 4 is 11.4 Å². The van der Waals surface area contributed by atoms with E-state index in [1.165, 1.54) is 0 Å². The zero-order chi connectivity index (χ0) is 7.72. The molecule has 3 nitrogen and oxygen atoms in total. The van der Waals surface area contributed by atoms with Gasteiger partial charge < -0.3 is 16.9 Å². The van der Waals surface area contributed by atoms with Gasteiger partial charge in [-0.1, -0.05) is 6.07 Å². The van der Waals surface area contributed by atoms with E-state index in [1.807, 2.05) is 26.0 Å². The Morgan fingerprint density at radius 3 is 2.09 bits per heavy atom. The van der Waals surface area contributed by atoms with Gasteiger partial charge in [-0.25, -0.2) is 0 Å². The van der Waals surface area contributed by atoms with Crippen molar-refractivity contribution in [3.63, 3.8) is 0 Å². The lowest BCUT2D eigenvalue weighted by molar-refractivity contribution is 0.824. The van der Waals surface area contributed by atoms with E-state index in [0.717, 1.165) is 22.5 Å². The molecule has 6 N–H and O–H groups in total. The van der Waals surface area contributed by atoms with E-state index in [2.05, 4.69) is 0 Å². The van der Waals surface area contributed by atoms with Crippen LogP contribution in [0.2, 0.25) is 0 Å². The maximum atomic E-state index is 5.70. The second-order valence-electron chi connectivity index (χ2n) is 2.51. The highest BCUT2D eigenvalue weighted by molar-refractivity contribution is 5.64. The summed E-state index contributed by atoms with van der Waals surface area (Å²) in [5, 5.41) is 0. The summed E-state index contributed by atoms with van der Waals surface area (Å²) in [6.07, 6.45) is 0. The summed E-state index contributed by atoms with van der Waals surface area (Å²) in [5.74, 6) is 0. The van der Waals surface area contributed by atoms with E-state index < -0.39 is 0 Å². The molecule has 62 valence electrons. The Balaban J connectivity index is 0.000001000. The Labute approximate surface area is 66.3 Å². The van der Waals surface area contributed by atoms with Crippen molar-refractivity contribution in [2.75, 3.05) is 11.5 Å². The van der Waals surface area contributed by atoms with Crippen LogP contribution in [0.3, 0.4) is 0 Å². The highest BCUT2D eigenvalue weighted by Crippen LogP contribution is 2.21. The average Bonchev–Trinajstić information content (AvgIpc) is 1.93. The van der Waals surface area contributed by atoms with Crippen LogP contribution in [-0.4, -0.2) is 5.48 Å². The number of hydrogen-bond acceptors (Lipinski definition) is 2. The van der Waals surface area contributed by atoms with Gasteiger partial charge in [-0.15, -0.1) is 0 Å². The fraction of sp³-hybridized carbons (Fsp3) is 0.250. The van der Waals surface area contributed by atoms with Crippen LogP contribution in [0.15, 0.2) is 12.1 Å². The molecule has 0 fully saturated rings. The van der Waals surface area contributed by atoms with E-state index in [9.17, 15) is 0 Å². The summed E-state index contributed by atoms with van der Waals surface area (Å²) in [5.41, 5.74) is 15.0. The third-order valence-corrected chi connectivity index (χ3v) is 1.77. The van der Waals surface area contributed by atoms with Gasteiger partial charge in [0.15, 0.2) is 0 Å². The first-order valence-electron chi connectivity index (χ1n) is 3.24. The molecule has 0 radical (unpaired) electrons. The molecule has 0 aliphatic rings. The van der Waals surface area contributed by atoms with Gasteiger partial charge in [0, 0.05) is 11.4 Å². The molecule has 0 aliphatic heterocycles. The molecule has 11 heavy (non-hydrogen) atoms. The Kier molecular flexibility index (Phi) is 2.89. The third kappa shape index (κ3) is 1.62. The second-order valence-corrected chi connectivity index (χ2v) is 2.51. The van der Waals surface area contributed by atoms with Gasteiger partial charge in [-0.3, -0.25) is 0 Å². The van der Waals surface area contributed by atoms with Crippen molar-refractivity contribution in [3.05, 3.63) is 23.3 Å². The summed E-state index contributed by atoms with van der Waals surface area (Å²) in [7, 11) is 0. The summed E-state index contributed by atoms with van der Waals surface area (Å²) >= 11 is 0. The lowest BCUT2D eigenvalue weighted by Crippen LogP contribution is -1.97. The maximum Gasteiger partial charge on any atom is 0.0394 e. The molecule has 0 heterocycles. The first-order chi connectivity index (χ1) is 4.63. The molecular weight excluding hydrogens is 140 g/mol. The number of rotatable bonds is 0. The standard InChI is InChI=1S/C8H12N2.H2O/c1-5-3-4-7(9)6(2)8(5)10;/h3-4H,9-10H2,1-2H3;1H2. The molecule has 1 aromatic rings. The number of nitrogen functional groups attached to an aromatic ring is 2. The van der Waals surface area contributed by atoms with Crippen molar-refractivity contribution in [1.82, 2.24) is 0 Å². The third-order valence-electron chi connectivity index (χ3n) is 1.77. The number of anilines is 2. The zero-order valence-corrected chi connectivity index (χ0v) is 6.81. The SMILES string of the molecule is Cc1ccc(N)c(C)c1N.O. The number of benzene rings is 1. The normalized spacial score (nSPS) is 8.91. The van der Waals surface area contributed by atoms with Crippen molar-refractivity contribution < 1.29 is 5.48 Å². The minimum atomic E-state index is 0. The molecule has 0 atom stereocenters. The predicted octanol–water partition coefficient (Wildman–Crippen LogP) is 0.643. The van der Waals surface area contributed by atoms with Crippen molar-refractivity contribution in [2.24, 2.45) is 0 Å². The van der Waals surface area contributed by atoms with Crippen LogP contribution >= 0.6 is 0 Å². The molecule has 0 spiro atoms. The fourth-order valence-corrected chi connectivity index (χ4v) is 0.881. The smallest absolute Gasteiger partial charge is 0.0394 e. The van der Waals surface area contributed by atoms with E-state index >= 15 is 0 Å². The minimum absolute atomic E-state index is 0. The minimum Gasteiger partial charge on any atom is -0.412 e. The maximum absolute atomic E-state index is 5.70. The van der Waals surface area contributed by atoms with E-state index in [0.29, 0.717) is 0 Å². The Bertz CT molecular complexity index is 232. The molecule has 1 aromatic carbocycles. The van der Waals surface area contributed by atoms with Crippen LogP contribution in [0.4, 0.5) is 11.4 Å². The molecule has 1 rings (SSSR count). The Morgan fingerprint density at radius 2 is 1.64 bits per heavy atom. The van der Waals surface area contributed by atoms with E-state index in [1.54, 1.807) is 0 Å². The van der Waals surface area contributed by atoms with Gasteiger partial charge in [0.1, 0.15) is 0 Å². The van der Waals surface area contributed by atoms with Gasteiger partial charge in [0.2, 0.25) is 0 Å². The van der Waals surface area contributed by atoms with Gasteiger partial charge >= 0.3 is 0 Å². The largest absolute Gasteiger partial charge is 0.412 e. The highest BCUT2D eigenvalue weighted by atomic mass is 16.0. The van der Waals surface area contributed by atoms with Gasteiger partial charge in [-0.05, 0) is 31.0 Å². The molecule has 3 heteroatoms. The van der Waals surface area contributed by atoms with Crippen molar-refractivity contribution in [3.8, 4) is 0 Å². The first kappa shape index (κ1) is 9.78. The molecule has 0 amide bonds. The lowest BCUT2D eigenvalue weighted by Gasteiger charge is -2.05. The number of nitrogens with two attached hydrogens (primary N) is 2.